The highest BCUT2D eigenvalue weighted by Crippen LogP contribution is 2.14. The van der Waals surface area contributed by atoms with Crippen LogP contribution in [0.15, 0.2) is 29.4 Å². The van der Waals surface area contributed by atoms with Crippen LogP contribution in [0, 0.1) is 10.1 Å². The van der Waals surface area contributed by atoms with E-state index >= 15 is 0 Å². The summed E-state index contributed by atoms with van der Waals surface area (Å²) in [4.78, 5) is 10.3. The zero-order valence-electron chi connectivity index (χ0n) is 11.2. The summed E-state index contributed by atoms with van der Waals surface area (Å²) >= 11 is 5.02. The minimum absolute atomic E-state index is 0.00956. The summed E-state index contributed by atoms with van der Waals surface area (Å²) in [6.07, 6.45) is 1.35. The van der Waals surface area contributed by atoms with Gasteiger partial charge in [-0.1, -0.05) is 12.1 Å². The Kier molecular flexibility index (Phi) is 6.54. The fourth-order valence-corrected chi connectivity index (χ4v) is 1.73. The van der Waals surface area contributed by atoms with Crippen LogP contribution >= 0.6 is 12.2 Å². The molecular formula is C12H16N4O3S. The van der Waals surface area contributed by atoms with Gasteiger partial charge >= 0.3 is 0 Å². The van der Waals surface area contributed by atoms with E-state index in [1.165, 1.54) is 12.3 Å². The van der Waals surface area contributed by atoms with Crippen molar-refractivity contribution in [3.05, 3.63) is 39.9 Å². The van der Waals surface area contributed by atoms with Gasteiger partial charge in [0.1, 0.15) is 0 Å². The molecule has 0 amide bonds. The number of hydrogen-bond acceptors (Lipinski definition) is 5. The van der Waals surface area contributed by atoms with Crippen molar-refractivity contribution in [3.63, 3.8) is 0 Å². The average molecular weight is 296 g/mol. The van der Waals surface area contributed by atoms with Crippen molar-refractivity contribution < 1.29 is 9.66 Å². The van der Waals surface area contributed by atoms with Crippen LogP contribution in [0.25, 0.3) is 0 Å². The molecule has 108 valence electrons. The first-order valence-electron chi connectivity index (χ1n) is 5.86. The quantitative estimate of drug-likeness (QED) is 0.357. The fourth-order valence-electron chi connectivity index (χ4n) is 1.47. The van der Waals surface area contributed by atoms with E-state index in [-0.39, 0.29) is 11.7 Å². The van der Waals surface area contributed by atoms with E-state index in [0.29, 0.717) is 17.3 Å². The van der Waals surface area contributed by atoms with Gasteiger partial charge in [0.2, 0.25) is 0 Å². The lowest BCUT2D eigenvalue weighted by atomic mass is 10.2. The van der Waals surface area contributed by atoms with Crippen molar-refractivity contribution in [3.8, 4) is 0 Å². The zero-order valence-corrected chi connectivity index (χ0v) is 12.0. The van der Waals surface area contributed by atoms with Crippen LogP contribution in [-0.4, -0.2) is 36.0 Å². The standard InChI is InChI=1S/C12H16N4O3S/c1-9(8-19-2)14-12(20)15-13-7-10-5-3-4-6-11(10)16(17)18/h3-7,9H,8H2,1-2H3,(H2,14,15,20)/b13-7-/t9-/m0/s1. The molecule has 8 heteroatoms. The third-order valence-electron chi connectivity index (χ3n) is 2.30. The van der Waals surface area contributed by atoms with Gasteiger partial charge in [0.15, 0.2) is 5.11 Å². The van der Waals surface area contributed by atoms with Gasteiger partial charge in [0, 0.05) is 19.2 Å². The van der Waals surface area contributed by atoms with Gasteiger partial charge in [0.25, 0.3) is 5.69 Å². The molecule has 0 heterocycles. The maximum Gasteiger partial charge on any atom is 0.278 e. The van der Waals surface area contributed by atoms with E-state index in [9.17, 15) is 10.1 Å². The Bertz CT molecular complexity index is 507. The Morgan fingerprint density at radius 2 is 2.30 bits per heavy atom. The number of benzene rings is 1. The van der Waals surface area contributed by atoms with Crippen LogP contribution in [0.4, 0.5) is 5.69 Å². The van der Waals surface area contributed by atoms with E-state index in [2.05, 4.69) is 15.8 Å². The minimum atomic E-state index is -0.460. The van der Waals surface area contributed by atoms with E-state index in [1.807, 2.05) is 6.92 Å². The van der Waals surface area contributed by atoms with Crippen molar-refractivity contribution in [2.75, 3.05) is 13.7 Å². The van der Waals surface area contributed by atoms with Crippen molar-refractivity contribution in [2.45, 2.75) is 13.0 Å². The molecule has 1 aromatic rings. The summed E-state index contributed by atoms with van der Waals surface area (Å²) in [7, 11) is 1.60. The number of hydrogen-bond donors (Lipinski definition) is 2. The first-order chi connectivity index (χ1) is 9.54. The highest BCUT2D eigenvalue weighted by molar-refractivity contribution is 7.80. The number of thiocarbonyl (C=S) groups is 1. The van der Waals surface area contributed by atoms with Crippen LogP contribution in [-0.2, 0) is 4.74 Å². The molecule has 0 unspecified atom stereocenters. The predicted octanol–water partition coefficient (Wildman–Crippen LogP) is 1.43. The summed E-state index contributed by atoms with van der Waals surface area (Å²) in [5.41, 5.74) is 2.99. The summed E-state index contributed by atoms with van der Waals surface area (Å²) in [6, 6.07) is 6.36. The normalized spacial score (nSPS) is 12.1. The fraction of sp³-hybridized carbons (Fsp3) is 0.333. The molecule has 0 spiro atoms. The Hall–Kier alpha value is -2.06. The number of rotatable bonds is 6. The summed E-state index contributed by atoms with van der Waals surface area (Å²) in [5.74, 6) is 0. The first kappa shape index (κ1) is 16.0. The molecule has 1 aromatic carbocycles. The molecule has 0 fully saturated rings. The van der Waals surface area contributed by atoms with Crippen molar-refractivity contribution in [1.29, 1.82) is 0 Å². The summed E-state index contributed by atoms with van der Waals surface area (Å²) < 4.78 is 4.96. The molecule has 0 aliphatic rings. The number of hydrazone groups is 1. The van der Waals surface area contributed by atoms with Crippen molar-refractivity contribution >= 4 is 29.2 Å². The van der Waals surface area contributed by atoms with Gasteiger partial charge in [-0.15, -0.1) is 0 Å². The Labute approximate surface area is 122 Å². The zero-order chi connectivity index (χ0) is 15.0. The molecule has 1 rings (SSSR count). The highest BCUT2D eigenvalue weighted by atomic mass is 32.1. The molecule has 0 radical (unpaired) electrons. The number of nitrogens with zero attached hydrogens (tertiary/aromatic N) is 2. The van der Waals surface area contributed by atoms with Crippen LogP contribution in [0.1, 0.15) is 12.5 Å². The van der Waals surface area contributed by atoms with Gasteiger partial charge in [-0.3, -0.25) is 15.5 Å². The first-order valence-corrected chi connectivity index (χ1v) is 6.27. The van der Waals surface area contributed by atoms with Gasteiger partial charge in [-0.2, -0.15) is 5.10 Å². The molecule has 2 N–H and O–H groups in total. The number of methoxy groups -OCH3 is 1. The monoisotopic (exact) mass is 296 g/mol. The van der Waals surface area contributed by atoms with E-state index in [0.717, 1.165) is 0 Å². The number of ether oxygens (including phenoxy) is 1. The lowest BCUT2D eigenvalue weighted by Crippen LogP contribution is -2.40. The smallest absolute Gasteiger partial charge is 0.278 e. The Morgan fingerprint density at radius 1 is 1.60 bits per heavy atom. The van der Waals surface area contributed by atoms with E-state index in [1.54, 1.807) is 25.3 Å². The molecular weight excluding hydrogens is 280 g/mol. The number of nitro benzene ring substituents is 1. The third kappa shape index (κ3) is 5.29. The van der Waals surface area contributed by atoms with Gasteiger partial charge in [-0.05, 0) is 25.2 Å². The molecule has 0 bridgehead atoms. The molecule has 20 heavy (non-hydrogen) atoms. The summed E-state index contributed by atoms with van der Waals surface area (Å²) in [5, 5.41) is 18.0. The van der Waals surface area contributed by atoms with Crippen LogP contribution in [0.2, 0.25) is 0 Å². The second-order valence-corrected chi connectivity index (χ2v) is 4.42. The number of nitro groups is 1. The van der Waals surface area contributed by atoms with Crippen LogP contribution in [0.3, 0.4) is 0 Å². The molecule has 0 aliphatic carbocycles. The maximum atomic E-state index is 10.8. The number of nitrogens with one attached hydrogen (secondary N) is 2. The molecule has 0 aromatic heterocycles. The van der Waals surface area contributed by atoms with Gasteiger partial charge in [-0.25, -0.2) is 0 Å². The Balaban J connectivity index is 2.57. The molecule has 1 atom stereocenters. The van der Waals surface area contributed by atoms with E-state index < -0.39 is 4.92 Å². The second-order valence-electron chi connectivity index (χ2n) is 4.02. The molecule has 0 saturated heterocycles. The molecule has 0 aliphatic heterocycles. The Morgan fingerprint density at radius 3 is 2.95 bits per heavy atom. The average Bonchev–Trinajstić information content (AvgIpc) is 2.39. The largest absolute Gasteiger partial charge is 0.383 e. The van der Waals surface area contributed by atoms with Gasteiger partial charge in [0.05, 0.1) is 23.3 Å². The number of para-hydroxylation sites is 1. The SMILES string of the molecule is COC[C@H](C)NC(=S)N/N=C\c1ccccc1[N+](=O)[O-]. The van der Waals surface area contributed by atoms with Crippen molar-refractivity contribution in [2.24, 2.45) is 5.10 Å². The van der Waals surface area contributed by atoms with Crippen molar-refractivity contribution in [1.82, 2.24) is 10.7 Å². The van der Waals surface area contributed by atoms with Crippen LogP contribution < -0.4 is 10.7 Å². The predicted molar refractivity (Wildman–Crippen MR) is 80.9 cm³/mol. The summed E-state index contributed by atoms with van der Waals surface area (Å²) in [6.45, 7) is 2.42. The molecule has 0 saturated carbocycles. The second kappa shape index (κ2) is 8.18. The van der Waals surface area contributed by atoms with E-state index in [4.69, 9.17) is 17.0 Å². The third-order valence-corrected chi connectivity index (χ3v) is 2.51. The van der Waals surface area contributed by atoms with Crippen LogP contribution in [0.5, 0.6) is 0 Å². The lowest BCUT2D eigenvalue weighted by molar-refractivity contribution is -0.385. The molecule has 7 nitrogen and oxygen atoms in total. The maximum absolute atomic E-state index is 10.8. The van der Waals surface area contributed by atoms with Gasteiger partial charge < -0.3 is 10.1 Å². The topological polar surface area (TPSA) is 88.8 Å². The lowest BCUT2D eigenvalue weighted by Gasteiger charge is -2.13. The minimum Gasteiger partial charge on any atom is -0.383 e. The highest BCUT2D eigenvalue weighted by Gasteiger charge is 2.09.